The highest BCUT2D eigenvalue weighted by Gasteiger charge is 2.21. The highest BCUT2D eigenvalue weighted by molar-refractivity contribution is 7.92. The van der Waals surface area contributed by atoms with Gasteiger partial charge < -0.3 is 10.1 Å². The molecule has 6 nitrogen and oxygen atoms in total. The quantitative estimate of drug-likeness (QED) is 0.577. The lowest BCUT2D eigenvalue weighted by Gasteiger charge is -2.23. The van der Waals surface area contributed by atoms with E-state index < -0.39 is 10.0 Å². The average molecular weight is 413 g/mol. The van der Waals surface area contributed by atoms with Gasteiger partial charge in [0, 0.05) is 5.39 Å². The van der Waals surface area contributed by atoms with Crippen LogP contribution in [0.25, 0.3) is 10.8 Å². The molecular weight excluding hydrogens is 388 g/mol. The molecule has 3 aromatic carbocycles. The molecule has 0 saturated heterocycles. The lowest BCUT2D eigenvalue weighted by molar-refractivity contribution is -0.119. The van der Waals surface area contributed by atoms with Crippen LogP contribution in [-0.4, -0.2) is 40.3 Å². The Labute approximate surface area is 171 Å². The molecule has 0 radical (unpaired) electrons. The smallest absolute Gasteiger partial charge is 0.240 e. The predicted molar refractivity (Wildman–Crippen MR) is 116 cm³/mol. The van der Waals surface area contributed by atoms with Crippen molar-refractivity contribution in [2.75, 3.05) is 30.3 Å². The van der Waals surface area contributed by atoms with Crippen molar-refractivity contribution in [3.05, 3.63) is 72.3 Å². The van der Waals surface area contributed by atoms with Crippen molar-refractivity contribution < 1.29 is 17.9 Å². The number of ether oxygens (including phenoxy) is 1. The van der Waals surface area contributed by atoms with Crippen molar-refractivity contribution in [2.45, 2.75) is 6.92 Å². The van der Waals surface area contributed by atoms with Gasteiger partial charge in [0.15, 0.2) is 0 Å². The Morgan fingerprint density at radius 2 is 1.69 bits per heavy atom. The zero-order valence-electron chi connectivity index (χ0n) is 16.5. The molecule has 0 saturated carbocycles. The van der Waals surface area contributed by atoms with E-state index >= 15 is 0 Å². The topological polar surface area (TPSA) is 75.7 Å². The molecule has 7 heteroatoms. The van der Waals surface area contributed by atoms with Gasteiger partial charge in [-0.15, -0.1) is 0 Å². The van der Waals surface area contributed by atoms with Crippen molar-refractivity contribution in [3.63, 3.8) is 0 Å². The van der Waals surface area contributed by atoms with Crippen LogP contribution < -0.4 is 14.4 Å². The Hall–Kier alpha value is -3.06. The molecule has 1 N–H and O–H groups in total. The number of carbonyl (C=O) groups is 1. The lowest BCUT2D eigenvalue weighted by atomic mass is 10.1. The van der Waals surface area contributed by atoms with Crippen LogP contribution in [0.15, 0.2) is 66.7 Å². The highest BCUT2D eigenvalue weighted by atomic mass is 32.2. The van der Waals surface area contributed by atoms with Gasteiger partial charge in [-0.05, 0) is 30.0 Å². The number of hydrogen-bond acceptors (Lipinski definition) is 4. The third-order valence-corrected chi connectivity index (χ3v) is 5.63. The zero-order chi connectivity index (χ0) is 20.9. The SMILES string of the molecule is Cc1ccccc1N(CC(=O)NCCOc1cccc2ccccc12)S(C)(=O)=O. The van der Waals surface area contributed by atoms with Crippen LogP contribution in [0.1, 0.15) is 5.56 Å². The first kappa shape index (κ1) is 20.7. The van der Waals surface area contributed by atoms with E-state index in [4.69, 9.17) is 4.74 Å². The molecule has 0 unspecified atom stereocenters. The monoisotopic (exact) mass is 412 g/mol. The van der Waals surface area contributed by atoms with Gasteiger partial charge in [0.25, 0.3) is 0 Å². The Kier molecular flexibility index (Phi) is 6.39. The molecule has 3 rings (SSSR count). The summed E-state index contributed by atoms with van der Waals surface area (Å²) in [5.74, 6) is 0.357. The van der Waals surface area contributed by atoms with Crippen LogP contribution in [0.2, 0.25) is 0 Å². The van der Waals surface area contributed by atoms with Crippen LogP contribution >= 0.6 is 0 Å². The summed E-state index contributed by atoms with van der Waals surface area (Å²) in [5, 5.41) is 4.81. The third kappa shape index (κ3) is 5.26. The largest absolute Gasteiger partial charge is 0.491 e. The van der Waals surface area contributed by atoms with E-state index in [0.717, 1.165) is 32.6 Å². The van der Waals surface area contributed by atoms with Crippen molar-refractivity contribution in [2.24, 2.45) is 0 Å². The molecule has 0 atom stereocenters. The maximum atomic E-state index is 12.3. The maximum absolute atomic E-state index is 12.3. The number of anilines is 1. The molecule has 0 bridgehead atoms. The number of nitrogens with zero attached hydrogens (tertiary/aromatic N) is 1. The van der Waals surface area contributed by atoms with Crippen molar-refractivity contribution in [3.8, 4) is 5.75 Å². The number of fused-ring (bicyclic) bond motifs is 1. The summed E-state index contributed by atoms with van der Waals surface area (Å²) >= 11 is 0. The van der Waals surface area contributed by atoms with Gasteiger partial charge in [-0.2, -0.15) is 0 Å². The lowest BCUT2D eigenvalue weighted by Crippen LogP contribution is -2.41. The minimum atomic E-state index is -3.59. The number of amides is 1. The van der Waals surface area contributed by atoms with Crippen molar-refractivity contribution in [1.82, 2.24) is 5.32 Å². The standard InChI is InChI=1S/C22H24N2O4S/c1-17-8-3-6-12-20(17)24(29(2,26)27)16-22(25)23-14-15-28-21-13-7-10-18-9-4-5-11-19(18)21/h3-13H,14-16H2,1-2H3,(H,23,25). The van der Waals surface area contributed by atoms with Crippen LogP contribution in [0.4, 0.5) is 5.69 Å². The number of benzene rings is 3. The molecule has 0 heterocycles. The molecule has 0 spiro atoms. The van der Waals surface area contributed by atoms with Crippen LogP contribution in [0.3, 0.4) is 0 Å². The molecule has 0 aliphatic carbocycles. The second-order valence-corrected chi connectivity index (χ2v) is 8.64. The molecular formula is C22H24N2O4S. The molecule has 0 aliphatic heterocycles. The second kappa shape index (κ2) is 8.96. The number of hydrogen-bond donors (Lipinski definition) is 1. The maximum Gasteiger partial charge on any atom is 0.240 e. The summed E-state index contributed by atoms with van der Waals surface area (Å²) in [6.07, 6.45) is 1.09. The predicted octanol–water partition coefficient (Wildman–Crippen LogP) is 3.11. The van der Waals surface area contributed by atoms with E-state index in [2.05, 4.69) is 5.32 Å². The highest BCUT2D eigenvalue weighted by Crippen LogP contribution is 2.25. The van der Waals surface area contributed by atoms with Gasteiger partial charge in [0.1, 0.15) is 18.9 Å². The van der Waals surface area contributed by atoms with Gasteiger partial charge in [-0.1, -0.05) is 54.6 Å². The van der Waals surface area contributed by atoms with Gasteiger partial charge >= 0.3 is 0 Å². The van der Waals surface area contributed by atoms with Crippen LogP contribution in [-0.2, 0) is 14.8 Å². The number of aryl methyl sites for hydroxylation is 1. The van der Waals surface area contributed by atoms with E-state index in [1.165, 1.54) is 0 Å². The Balaban J connectivity index is 1.58. The molecule has 152 valence electrons. The minimum absolute atomic E-state index is 0.271. The molecule has 29 heavy (non-hydrogen) atoms. The second-order valence-electron chi connectivity index (χ2n) is 6.73. The fourth-order valence-electron chi connectivity index (χ4n) is 3.08. The van der Waals surface area contributed by atoms with Crippen LogP contribution in [0, 0.1) is 6.92 Å². The molecule has 1 amide bonds. The summed E-state index contributed by atoms with van der Waals surface area (Å²) in [6.45, 7) is 2.08. The Morgan fingerprint density at radius 3 is 2.45 bits per heavy atom. The number of para-hydroxylation sites is 1. The van der Waals surface area contributed by atoms with E-state index in [1.54, 1.807) is 12.1 Å². The zero-order valence-corrected chi connectivity index (χ0v) is 17.3. The average Bonchev–Trinajstić information content (AvgIpc) is 2.69. The summed E-state index contributed by atoms with van der Waals surface area (Å²) < 4.78 is 31.3. The molecule has 3 aromatic rings. The molecule has 0 fully saturated rings. The van der Waals surface area contributed by atoms with E-state index in [0.29, 0.717) is 5.69 Å². The summed E-state index contributed by atoms with van der Waals surface area (Å²) in [7, 11) is -3.59. The minimum Gasteiger partial charge on any atom is -0.491 e. The van der Waals surface area contributed by atoms with Gasteiger partial charge in [-0.3, -0.25) is 9.10 Å². The van der Waals surface area contributed by atoms with Gasteiger partial charge in [0.2, 0.25) is 15.9 Å². The molecule has 0 aromatic heterocycles. The number of nitrogens with one attached hydrogen (secondary N) is 1. The van der Waals surface area contributed by atoms with Crippen molar-refractivity contribution in [1.29, 1.82) is 0 Å². The van der Waals surface area contributed by atoms with Crippen LogP contribution in [0.5, 0.6) is 5.75 Å². The normalized spacial score (nSPS) is 11.2. The molecule has 0 aliphatic rings. The number of rotatable bonds is 8. The van der Waals surface area contributed by atoms with Crippen molar-refractivity contribution >= 4 is 32.4 Å². The van der Waals surface area contributed by atoms with Gasteiger partial charge in [0.05, 0.1) is 18.5 Å². The first-order valence-electron chi connectivity index (χ1n) is 9.27. The number of sulfonamides is 1. The van der Waals surface area contributed by atoms with E-state index in [1.807, 2.05) is 61.5 Å². The Bertz CT molecular complexity index is 1110. The first-order chi connectivity index (χ1) is 13.9. The number of carbonyl (C=O) groups excluding carboxylic acids is 1. The van der Waals surface area contributed by atoms with E-state index in [9.17, 15) is 13.2 Å². The fraction of sp³-hybridized carbons (Fsp3) is 0.227. The fourth-order valence-corrected chi connectivity index (χ4v) is 4.00. The summed E-state index contributed by atoms with van der Waals surface area (Å²) in [5.41, 5.74) is 1.28. The summed E-state index contributed by atoms with van der Waals surface area (Å²) in [4.78, 5) is 12.3. The first-order valence-corrected chi connectivity index (χ1v) is 11.1. The van der Waals surface area contributed by atoms with E-state index in [-0.39, 0.29) is 25.6 Å². The Morgan fingerprint density at radius 1 is 1.00 bits per heavy atom. The van der Waals surface area contributed by atoms with Gasteiger partial charge in [-0.25, -0.2) is 8.42 Å². The third-order valence-electron chi connectivity index (χ3n) is 4.50. The summed E-state index contributed by atoms with van der Waals surface area (Å²) in [6, 6.07) is 20.8.